The Balaban J connectivity index is 1.97. The van der Waals surface area contributed by atoms with Gasteiger partial charge >= 0.3 is 0 Å². The minimum absolute atomic E-state index is 0.223. The first-order chi connectivity index (χ1) is 9.50. The van der Waals surface area contributed by atoms with Gasteiger partial charge in [-0.05, 0) is 25.7 Å². The van der Waals surface area contributed by atoms with Gasteiger partial charge in [-0.15, -0.1) is 10.2 Å². The molecular formula is C15H26N4O. The first-order valence-electron chi connectivity index (χ1n) is 7.82. The molecule has 1 saturated heterocycles. The zero-order valence-corrected chi connectivity index (χ0v) is 13.1. The molecular weight excluding hydrogens is 252 g/mol. The van der Waals surface area contributed by atoms with E-state index in [0.29, 0.717) is 29.9 Å². The number of aromatic nitrogens is 3. The average Bonchev–Trinajstić information content (AvgIpc) is 2.91. The second-order valence-corrected chi connectivity index (χ2v) is 6.68. The summed E-state index contributed by atoms with van der Waals surface area (Å²) < 4.78 is 8.31. The first-order valence-corrected chi connectivity index (χ1v) is 7.82. The molecule has 5 unspecified atom stereocenters. The number of rotatable bonds is 2. The molecule has 112 valence electrons. The van der Waals surface area contributed by atoms with Crippen LogP contribution in [0.1, 0.15) is 58.2 Å². The van der Waals surface area contributed by atoms with Crippen LogP contribution in [-0.4, -0.2) is 33.5 Å². The van der Waals surface area contributed by atoms with Gasteiger partial charge in [-0.1, -0.05) is 20.8 Å². The summed E-state index contributed by atoms with van der Waals surface area (Å²) in [6, 6.07) is 0.315. The molecule has 0 amide bonds. The molecule has 0 aromatic carbocycles. The van der Waals surface area contributed by atoms with Gasteiger partial charge in [0.1, 0.15) is 5.82 Å². The molecule has 5 nitrogen and oxygen atoms in total. The van der Waals surface area contributed by atoms with Crippen molar-refractivity contribution in [2.75, 3.05) is 6.54 Å². The summed E-state index contributed by atoms with van der Waals surface area (Å²) in [5.41, 5.74) is 0. The van der Waals surface area contributed by atoms with Crippen molar-refractivity contribution in [2.24, 2.45) is 11.8 Å². The van der Waals surface area contributed by atoms with E-state index in [1.165, 1.54) is 0 Å². The number of ether oxygens (including phenoxy) is 1. The Morgan fingerprint density at radius 3 is 2.45 bits per heavy atom. The van der Waals surface area contributed by atoms with Crippen molar-refractivity contribution in [2.45, 2.75) is 65.3 Å². The first kappa shape index (κ1) is 14.0. The Labute approximate surface area is 121 Å². The molecule has 3 rings (SSSR count). The molecule has 0 saturated carbocycles. The predicted octanol–water partition coefficient (Wildman–Crippen LogP) is 2.11. The molecule has 0 aliphatic carbocycles. The summed E-state index contributed by atoms with van der Waals surface area (Å²) in [4.78, 5) is 0. The fraction of sp³-hybridized carbons (Fsp3) is 0.867. The average molecular weight is 278 g/mol. The second kappa shape index (κ2) is 5.11. The van der Waals surface area contributed by atoms with E-state index in [1.807, 2.05) is 0 Å². The molecule has 5 atom stereocenters. The van der Waals surface area contributed by atoms with E-state index in [0.717, 1.165) is 24.7 Å². The van der Waals surface area contributed by atoms with Gasteiger partial charge in [0.2, 0.25) is 0 Å². The minimum Gasteiger partial charge on any atom is -0.374 e. The minimum atomic E-state index is 0.223. The maximum atomic E-state index is 5.98. The lowest BCUT2D eigenvalue weighted by atomic mass is 9.88. The zero-order chi connectivity index (χ0) is 14.4. The van der Waals surface area contributed by atoms with Crippen molar-refractivity contribution in [3.63, 3.8) is 0 Å². The Morgan fingerprint density at radius 2 is 1.85 bits per heavy atom. The highest BCUT2D eigenvalue weighted by Gasteiger charge is 2.42. The third-order valence-electron chi connectivity index (χ3n) is 4.99. The van der Waals surface area contributed by atoms with Gasteiger partial charge in [-0.25, -0.2) is 0 Å². The summed E-state index contributed by atoms with van der Waals surface area (Å²) >= 11 is 0. The molecule has 2 aliphatic heterocycles. The van der Waals surface area contributed by atoms with E-state index in [2.05, 4.69) is 54.7 Å². The molecule has 1 aromatic heterocycles. The van der Waals surface area contributed by atoms with Crippen molar-refractivity contribution in [3.05, 3.63) is 11.6 Å². The van der Waals surface area contributed by atoms with Crippen LogP contribution in [0.3, 0.4) is 0 Å². The van der Waals surface area contributed by atoms with Crippen LogP contribution in [0, 0.1) is 11.8 Å². The zero-order valence-electron chi connectivity index (χ0n) is 13.1. The van der Waals surface area contributed by atoms with Crippen LogP contribution in [0.25, 0.3) is 0 Å². The lowest BCUT2D eigenvalue weighted by Gasteiger charge is -2.29. The number of nitrogens with zero attached hydrogens (tertiary/aromatic N) is 3. The van der Waals surface area contributed by atoms with Crippen molar-refractivity contribution in [3.8, 4) is 0 Å². The predicted molar refractivity (Wildman–Crippen MR) is 77.5 cm³/mol. The van der Waals surface area contributed by atoms with Gasteiger partial charge in [0.15, 0.2) is 5.82 Å². The van der Waals surface area contributed by atoms with Gasteiger partial charge in [0.25, 0.3) is 0 Å². The monoisotopic (exact) mass is 278 g/mol. The lowest BCUT2D eigenvalue weighted by molar-refractivity contribution is 0.0551. The normalized spacial score (nSPS) is 37.4. The van der Waals surface area contributed by atoms with Gasteiger partial charge in [-0.3, -0.25) is 0 Å². The molecule has 0 radical (unpaired) electrons. The van der Waals surface area contributed by atoms with Crippen LogP contribution >= 0.6 is 0 Å². The molecule has 0 spiro atoms. The number of nitrogens with one attached hydrogen (secondary N) is 1. The van der Waals surface area contributed by atoms with Crippen LogP contribution in [0.4, 0.5) is 0 Å². The Hall–Kier alpha value is -0.940. The maximum absolute atomic E-state index is 5.98. The van der Waals surface area contributed by atoms with Crippen molar-refractivity contribution < 1.29 is 4.74 Å². The molecule has 3 heterocycles. The van der Waals surface area contributed by atoms with Crippen molar-refractivity contribution >= 4 is 0 Å². The van der Waals surface area contributed by atoms with Crippen molar-refractivity contribution in [1.82, 2.24) is 20.1 Å². The number of fused-ring (bicyclic) bond motifs is 1. The number of hydrogen-bond acceptors (Lipinski definition) is 4. The van der Waals surface area contributed by atoms with Crippen LogP contribution < -0.4 is 5.32 Å². The summed E-state index contributed by atoms with van der Waals surface area (Å²) in [5.74, 6) is 3.60. The molecule has 1 fully saturated rings. The summed E-state index contributed by atoms with van der Waals surface area (Å²) in [6.45, 7) is 13.0. The third kappa shape index (κ3) is 2.07. The van der Waals surface area contributed by atoms with Crippen molar-refractivity contribution in [1.29, 1.82) is 0 Å². The fourth-order valence-electron chi connectivity index (χ4n) is 3.70. The van der Waals surface area contributed by atoms with E-state index in [4.69, 9.17) is 4.74 Å². The molecule has 1 N–H and O–H groups in total. The smallest absolute Gasteiger partial charge is 0.150 e. The SMILES string of the molecule is CC(C)C1NCCn2c1nnc2C1C(C)OC(C)C1C. The second-order valence-electron chi connectivity index (χ2n) is 6.68. The summed E-state index contributed by atoms with van der Waals surface area (Å²) in [6.07, 6.45) is 0.520. The van der Waals surface area contributed by atoms with Gasteiger partial charge in [-0.2, -0.15) is 0 Å². The van der Waals surface area contributed by atoms with Gasteiger partial charge < -0.3 is 14.6 Å². The highest BCUT2D eigenvalue weighted by molar-refractivity contribution is 5.13. The number of hydrogen-bond donors (Lipinski definition) is 1. The fourth-order valence-corrected chi connectivity index (χ4v) is 3.70. The molecule has 0 bridgehead atoms. The van der Waals surface area contributed by atoms with Gasteiger partial charge in [0.05, 0.1) is 24.2 Å². The standard InChI is InChI=1S/C15H26N4O/c1-8(2)13-15-18-17-14(19(15)7-6-16-13)12-9(3)10(4)20-11(12)5/h8-13,16H,6-7H2,1-5H3. The van der Waals surface area contributed by atoms with E-state index in [-0.39, 0.29) is 6.10 Å². The Bertz CT molecular complexity index is 484. The lowest BCUT2D eigenvalue weighted by Crippen LogP contribution is -2.37. The third-order valence-corrected chi connectivity index (χ3v) is 4.99. The summed E-state index contributed by atoms with van der Waals surface area (Å²) in [5, 5.41) is 12.6. The van der Waals surface area contributed by atoms with Crippen LogP contribution in [0.15, 0.2) is 0 Å². The molecule has 20 heavy (non-hydrogen) atoms. The van der Waals surface area contributed by atoms with Crippen LogP contribution in [0.2, 0.25) is 0 Å². The highest BCUT2D eigenvalue weighted by atomic mass is 16.5. The topological polar surface area (TPSA) is 52.0 Å². The maximum Gasteiger partial charge on any atom is 0.150 e. The van der Waals surface area contributed by atoms with E-state index in [1.54, 1.807) is 0 Å². The largest absolute Gasteiger partial charge is 0.374 e. The van der Waals surface area contributed by atoms with Gasteiger partial charge in [0, 0.05) is 13.1 Å². The Kier molecular flexibility index (Phi) is 3.58. The van der Waals surface area contributed by atoms with Crippen LogP contribution in [-0.2, 0) is 11.3 Å². The molecule has 1 aromatic rings. The van der Waals surface area contributed by atoms with Crippen LogP contribution in [0.5, 0.6) is 0 Å². The van der Waals surface area contributed by atoms with E-state index < -0.39 is 0 Å². The summed E-state index contributed by atoms with van der Waals surface area (Å²) in [7, 11) is 0. The molecule has 2 aliphatic rings. The van der Waals surface area contributed by atoms with E-state index in [9.17, 15) is 0 Å². The molecule has 5 heteroatoms. The quantitative estimate of drug-likeness (QED) is 0.900. The van der Waals surface area contributed by atoms with E-state index >= 15 is 0 Å². The highest BCUT2D eigenvalue weighted by Crippen LogP contribution is 2.40. The Morgan fingerprint density at radius 1 is 1.15 bits per heavy atom.